The van der Waals surface area contributed by atoms with Crippen LogP contribution < -0.4 is 0 Å². The average Bonchev–Trinajstić information content (AvgIpc) is 3.13. The van der Waals surface area contributed by atoms with E-state index in [4.69, 9.17) is 4.74 Å². The zero-order chi connectivity index (χ0) is 13.1. The Kier molecular flexibility index (Phi) is 2.48. The lowest BCUT2D eigenvalue weighted by atomic mass is 9.64. The molecule has 0 amide bonds. The number of methoxy groups -OCH3 is 1. The summed E-state index contributed by atoms with van der Waals surface area (Å²) in [5.41, 5.74) is 4.04. The molecule has 3 aliphatic carbocycles. The molecule has 2 heteroatoms. The van der Waals surface area contributed by atoms with Crippen LogP contribution >= 0.6 is 0 Å². The maximum absolute atomic E-state index is 11.6. The van der Waals surface area contributed by atoms with Crippen molar-refractivity contribution in [1.82, 2.24) is 0 Å². The van der Waals surface area contributed by atoms with Gasteiger partial charge in [-0.25, -0.2) is 4.79 Å². The Bertz CT molecular complexity index is 460. The molecular formula is C16H22O2. The van der Waals surface area contributed by atoms with Crippen LogP contribution in [0.3, 0.4) is 0 Å². The highest BCUT2D eigenvalue weighted by molar-refractivity contribution is 5.88. The van der Waals surface area contributed by atoms with E-state index in [-0.39, 0.29) is 5.97 Å². The largest absolute Gasteiger partial charge is 0.466 e. The van der Waals surface area contributed by atoms with Crippen molar-refractivity contribution >= 4 is 5.97 Å². The standard InChI is InChI=1S/C16H22O2/c1-9(15(17)18-4)11-5-6-16(3)13(7-11)10(2)12-8-14(12)16/h12-14H,2,5-8H2,1,3-4H3/t12-,13+,14-,16-/m1/s1. The van der Waals surface area contributed by atoms with Crippen molar-refractivity contribution in [2.75, 3.05) is 7.11 Å². The van der Waals surface area contributed by atoms with Crippen molar-refractivity contribution in [3.05, 3.63) is 23.3 Å². The number of carbonyl (C=O) groups excluding carboxylic acids is 1. The minimum absolute atomic E-state index is 0.164. The number of hydrogen-bond donors (Lipinski definition) is 0. The molecule has 2 nitrogen and oxygen atoms in total. The van der Waals surface area contributed by atoms with Gasteiger partial charge in [0.1, 0.15) is 0 Å². The summed E-state index contributed by atoms with van der Waals surface area (Å²) in [5, 5.41) is 0. The van der Waals surface area contributed by atoms with Gasteiger partial charge in [0.15, 0.2) is 0 Å². The summed E-state index contributed by atoms with van der Waals surface area (Å²) in [4.78, 5) is 11.6. The molecule has 0 heterocycles. The van der Waals surface area contributed by atoms with Gasteiger partial charge in [-0.2, -0.15) is 0 Å². The van der Waals surface area contributed by atoms with Crippen LogP contribution in [0.4, 0.5) is 0 Å². The van der Waals surface area contributed by atoms with E-state index < -0.39 is 0 Å². The maximum atomic E-state index is 11.6. The van der Waals surface area contributed by atoms with Gasteiger partial charge < -0.3 is 4.74 Å². The van der Waals surface area contributed by atoms with Gasteiger partial charge in [-0.05, 0) is 55.8 Å². The van der Waals surface area contributed by atoms with Crippen LogP contribution in [-0.2, 0) is 9.53 Å². The predicted molar refractivity (Wildman–Crippen MR) is 70.9 cm³/mol. The Morgan fingerprint density at radius 3 is 2.89 bits per heavy atom. The molecule has 0 N–H and O–H groups in total. The molecule has 0 aromatic rings. The molecule has 3 saturated carbocycles. The van der Waals surface area contributed by atoms with Crippen molar-refractivity contribution in [1.29, 1.82) is 0 Å². The molecule has 0 radical (unpaired) electrons. The topological polar surface area (TPSA) is 26.3 Å². The number of ether oxygens (including phenoxy) is 1. The molecule has 0 aromatic carbocycles. The first-order valence-electron chi connectivity index (χ1n) is 6.94. The summed E-state index contributed by atoms with van der Waals surface area (Å²) in [6, 6.07) is 0. The Hall–Kier alpha value is -1.05. The van der Waals surface area contributed by atoms with Gasteiger partial charge in [-0.1, -0.05) is 24.6 Å². The molecule has 3 aliphatic rings. The third-order valence-electron chi connectivity index (χ3n) is 5.80. The Labute approximate surface area is 109 Å². The van der Waals surface area contributed by atoms with Crippen LogP contribution in [0.2, 0.25) is 0 Å². The van der Waals surface area contributed by atoms with Crippen LogP contribution in [0, 0.1) is 23.2 Å². The lowest BCUT2D eigenvalue weighted by Crippen LogP contribution is -2.31. The normalized spacial score (nSPS) is 44.2. The number of allylic oxidation sites excluding steroid dienone is 2. The lowest BCUT2D eigenvalue weighted by molar-refractivity contribution is -0.136. The van der Waals surface area contributed by atoms with E-state index >= 15 is 0 Å². The first kappa shape index (κ1) is 12.0. The smallest absolute Gasteiger partial charge is 0.333 e. The van der Waals surface area contributed by atoms with E-state index in [2.05, 4.69) is 13.5 Å². The first-order valence-corrected chi connectivity index (χ1v) is 6.94. The lowest BCUT2D eigenvalue weighted by Gasteiger charge is -2.40. The van der Waals surface area contributed by atoms with Gasteiger partial charge in [-0.15, -0.1) is 0 Å². The monoisotopic (exact) mass is 246 g/mol. The number of carbonyl (C=O) groups is 1. The first-order chi connectivity index (χ1) is 8.49. The second-order valence-corrected chi connectivity index (χ2v) is 6.51. The van der Waals surface area contributed by atoms with Crippen molar-refractivity contribution in [3.8, 4) is 0 Å². The fraction of sp³-hybridized carbons (Fsp3) is 0.688. The van der Waals surface area contributed by atoms with E-state index in [0.717, 1.165) is 30.3 Å². The SMILES string of the molecule is C=C1[C@H]2C[C@H]2[C@]2(C)CCC(=C(C)C(=O)OC)C[C@@H]12. The Balaban J connectivity index is 1.87. The van der Waals surface area contributed by atoms with Gasteiger partial charge in [0, 0.05) is 5.57 Å². The van der Waals surface area contributed by atoms with Crippen LogP contribution in [0.25, 0.3) is 0 Å². The van der Waals surface area contributed by atoms with Crippen LogP contribution in [0.5, 0.6) is 0 Å². The minimum atomic E-state index is -0.164. The summed E-state index contributed by atoms with van der Waals surface area (Å²) in [5.74, 6) is 2.11. The van der Waals surface area contributed by atoms with E-state index in [9.17, 15) is 4.79 Å². The highest BCUT2D eigenvalue weighted by atomic mass is 16.5. The average molecular weight is 246 g/mol. The van der Waals surface area contributed by atoms with Crippen molar-refractivity contribution < 1.29 is 9.53 Å². The van der Waals surface area contributed by atoms with Gasteiger partial charge in [0.25, 0.3) is 0 Å². The highest BCUT2D eigenvalue weighted by Crippen LogP contribution is 2.71. The Morgan fingerprint density at radius 1 is 1.50 bits per heavy atom. The van der Waals surface area contributed by atoms with E-state index in [1.54, 1.807) is 0 Å². The molecule has 98 valence electrons. The summed E-state index contributed by atoms with van der Waals surface area (Å²) >= 11 is 0. The molecule has 4 atom stereocenters. The number of rotatable bonds is 1. The van der Waals surface area contributed by atoms with Crippen molar-refractivity contribution in [3.63, 3.8) is 0 Å². The van der Waals surface area contributed by atoms with Crippen LogP contribution in [-0.4, -0.2) is 13.1 Å². The summed E-state index contributed by atoms with van der Waals surface area (Å²) in [7, 11) is 1.46. The van der Waals surface area contributed by atoms with Gasteiger partial charge in [-0.3, -0.25) is 0 Å². The third kappa shape index (κ3) is 1.44. The molecule has 0 aromatic heterocycles. The zero-order valence-corrected chi connectivity index (χ0v) is 11.6. The third-order valence-corrected chi connectivity index (χ3v) is 5.80. The molecule has 0 aliphatic heterocycles. The molecule has 3 rings (SSSR count). The summed E-state index contributed by atoms with van der Waals surface area (Å²) in [6.07, 6.45) is 4.66. The highest BCUT2D eigenvalue weighted by Gasteiger charge is 2.63. The molecule has 3 fully saturated rings. The molecule has 0 saturated heterocycles. The quantitative estimate of drug-likeness (QED) is 0.402. The van der Waals surface area contributed by atoms with Crippen molar-refractivity contribution in [2.24, 2.45) is 23.2 Å². The number of fused-ring (bicyclic) bond motifs is 3. The molecular weight excluding hydrogens is 224 g/mol. The van der Waals surface area contributed by atoms with Gasteiger partial charge in [0.2, 0.25) is 0 Å². The molecule has 0 bridgehead atoms. The summed E-state index contributed by atoms with van der Waals surface area (Å²) < 4.78 is 4.84. The molecule has 0 spiro atoms. The summed E-state index contributed by atoms with van der Waals surface area (Å²) in [6.45, 7) is 8.67. The maximum Gasteiger partial charge on any atom is 0.333 e. The fourth-order valence-electron chi connectivity index (χ4n) is 4.40. The van der Waals surface area contributed by atoms with E-state index in [1.807, 2.05) is 6.92 Å². The predicted octanol–water partition coefficient (Wildman–Crippen LogP) is 3.49. The fourth-order valence-corrected chi connectivity index (χ4v) is 4.40. The second kappa shape index (κ2) is 3.72. The second-order valence-electron chi connectivity index (χ2n) is 6.51. The number of esters is 1. The van der Waals surface area contributed by atoms with Crippen molar-refractivity contribution in [2.45, 2.75) is 39.5 Å². The van der Waals surface area contributed by atoms with Gasteiger partial charge in [0.05, 0.1) is 7.11 Å². The van der Waals surface area contributed by atoms with E-state index in [0.29, 0.717) is 11.3 Å². The van der Waals surface area contributed by atoms with Crippen LogP contribution in [0.1, 0.15) is 39.5 Å². The minimum Gasteiger partial charge on any atom is -0.466 e. The molecule has 0 unspecified atom stereocenters. The van der Waals surface area contributed by atoms with E-state index in [1.165, 1.54) is 31.1 Å². The number of hydrogen-bond acceptors (Lipinski definition) is 2. The van der Waals surface area contributed by atoms with Gasteiger partial charge >= 0.3 is 5.97 Å². The Morgan fingerprint density at radius 2 is 2.22 bits per heavy atom. The zero-order valence-electron chi connectivity index (χ0n) is 11.6. The molecule has 18 heavy (non-hydrogen) atoms. The van der Waals surface area contributed by atoms with Crippen LogP contribution in [0.15, 0.2) is 23.3 Å².